The van der Waals surface area contributed by atoms with Crippen LogP contribution in [0.15, 0.2) is 18.2 Å². The molecule has 19 heavy (non-hydrogen) atoms. The lowest BCUT2D eigenvalue weighted by atomic mass is 10.1. The average Bonchev–Trinajstić information content (AvgIpc) is 2.91. The minimum Gasteiger partial charge on any atom is -0.377 e. The topological polar surface area (TPSA) is 21.3 Å². The zero-order chi connectivity index (χ0) is 13.7. The van der Waals surface area contributed by atoms with E-state index in [1.54, 1.807) is 0 Å². The molecule has 1 fully saturated rings. The lowest BCUT2D eigenvalue weighted by Gasteiger charge is -2.16. The highest BCUT2D eigenvalue weighted by Crippen LogP contribution is 2.25. The van der Waals surface area contributed by atoms with Crippen molar-refractivity contribution in [3.8, 4) is 0 Å². The van der Waals surface area contributed by atoms with Gasteiger partial charge in [-0.1, -0.05) is 42.1 Å². The van der Waals surface area contributed by atoms with Gasteiger partial charge in [0, 0.05) is 12.6 Å². The number of nitrogens with one attached hydrogen (secondary N) is 1. The summed E-state index contributed by atoms with van der Waals surface area (Å²) in [6, 6.07) is 6.01. The van der Waals surface area contributed by atoms with E-state index in [-0.39, 0.29) is 6.04 Å². The van der Waals surface area contributed by atoms with Crippen LogP contribution in [-0.2, 0) is 4.74 Å². The smallest absolute Gasteiger partial charge is 0.0595 e. The van der Waals surface area contributed by atoms with Crippen molar-refractivity contribution in [2.45, 2.75) is 44.8 Å². The molecule has 1 unspecified atom stereocenters. The first kappa shape index (κ1) is 15.1. The number of hydrogen-bond acceptors (Lipinski definition) is 2. The summed E-state index contributed by atoms with van der Waals surface area (Å²) in [6.45, 7) is 3.75. The SMILES string of the molecule is CC(NCCOC1CCCC1)c1ccc(Cl)c(Cl)c1. The molecule has 0 radical (unpaired) electrons. The Balaban J connectivity index is 1.71. The fraction of sp³-hybridized carbons (Fsp3) is 0.600. The Labute approximate surface area is 125 Å². The molecule has 1 N–H and O–H groups in total. The van der Waals surface area contributed by atoms with Gasteiger partial charge in [-0.15, -0.1) is 0 Å². The lowest BCUT2D eigenvalue weighted by Crippen LogP contribution is -2.25. The summed E-state index contributed by atoms with van der Waals surface area (Å²) in [5, 5.41) is 4.65. The molecule has 0 heterocycles. The molecule has 0 amide bonds. The predicted octanol–water partition coefficient (Wildman–Crippen LogP) is 4.60. The molecule has 2 nitrogen and oxygen atoms in total. The van der Waals surface area contributed by atoms with Gasteiger partial charge in [-0.3, -0.25) is 0 Å². The van der Waals surface area contributed by atoms with Crippen molar-refractivity contribution in [3.63, 3.8) is 0 Å². The molecule has 0 spiro atoms. The van der Waals surface area contributed by atoms with Crippen molar-refractivity contribution in [2.75, 3.05) is 13.2 Å². The summed E-state index contributed by atoms with van der Waals surface area (Å²) in [5.41, 5.74) is 1.15. The van der Waals surface area contributed by atoms with Gasteiger partial charge in [-0.05, 0) is 37.5 Å². The van der Waals surface area contributed by atoms with Crippen LogP contribution in [0.5, 0.6) is 0 Å². The normalized spacial score (nSPS) is 17.8. The molecule has 0 aromatic heterocycles. The quantitative estimate of drug-likeness (QED) is 0.775. The molecule has 1 aromatic rings. The van der Waals surface area contributed by atoms with Gasteiger partial charge < -0.3 is 10.1 Å². The van der Waals surface area contributed by atoms with E-state index in [9.17, 15) is 0 Å². The second-order valence-corrected chi connectivity index (χ2v) is 5.94. The molecule has 2 rings (SSSR count). The van der Waals surface area contributed by atoms with Crippen LogP contribution < -0.4 is 5.32 Å². The molecular weight excluding hydrogens is 281 g/mol. The van der Waals surface area contributed by atoms with Crippen molar-refractivity contribution >= 4 is 23.2 Å². The van der Waals surface area contributed by atoms with Crippen LogP contribution >= 0.6 is 23.2 Å². The number of ether oxygens (including phenoxy) is 1. The summed E-state index contributed by atoms with van der Waals surface area (Å²) in [5.74, 6) is 0. The number of rotatable bonds is 6. The first-order chi connectivity index (χ1) is 9.16. The molecule has 4 heteroatoms. The third-order valence-electron chi connectivity index (χ3n) is 3.65. The fourth-order valence-electron chi connectivity index (χ4n) is 2.46. The molecule has 106 valence electrons. The second-order valence-electron chi connectivity index (χ2n) is 5.13. The monoisotopic (exact) mass is 301 g/mol. The van der Waals surface area contributed by atoms with E-state index in [0.29, 0.717) is 16.1 Å². The van der Waals surface area contributed by atoms with Gasteiger partial charge in [0.2, 0.25) is 0 Å². The summed E-state index contributed by atoms with van der Waals surface area (Å²) in [6.07, 6.45) is 5.57. The molecule has 1 aromatic carbocycles. The van der Waals surface area contributed by atoms with Gasteiger partial charge in [-0.25, -0.2) is 0 Å². The van der Waals surface area contributed by atoms with Crippen LogP contribution in [0.2, 0.25) is 10.0 Å². The Bertz CT molecular complexity index is 405. The Morgan fingerprint density at radius 2 is 2.00 bits per heavy atom. The van der Waals surface area contributed by atoms with E-state index in [2.05, 4.69) is 12.2 Å². The fourth-order valence-corrected chi connectivity index (χ4v) is 2.76. The largest absolute Gasteiger partial charge is 0.377 e. The lowest BCUT2D eigenvalue weighted by molar-refractivity contribution is 0.0593. The third kappa shape index (κ3) is 4.64. The first-order valence-corrected chi connectivity index (χ1v) is 7.72. The predicted molar refractivity (Wildman–Crippen MR) is 81.1 cm³/mol. The van der Waals surface area contributed by atoms with Crippen molar-refractivity contribution in [3.05, 3.63) is 33.8 Å². The number of hydrogen-bond donors (Lipinski definition) is 1. The van der Waals surface area contributed by atoms with Crippen LogP contribution in [0.3, 0.4) is 0 Å². The molecule has 1 atom stereocenters. The van der Waals surface area contributed by atoms with E-state index >= 15 is 0 Å². The van der Waals surface area contributed by atoms with Gasteiger partial charge in [0.15, 0.2) is 0 Å². The highest BCUT2D eigenvalue weighted by Gasteiger charge is 2.15. The molecular formula is C15H21Cl2NO. The molecule has 0 bridgehead atoms. The molecule has 1 aliphatic rings. The maximum Gasteiger partial charge on any atom is 0.0595 e. The number of halogens is 2. The summed E-state index contributed by atoms with van der Waals surface area (Å²) >= 11 is 11.9. The van der Waals surface area contributed by atoms with Gasteiger partial charge in [-0.2, -0.15) is 0 Å². The van der Waals surface area contributed by atoms with Crippen LogP contribution in [0.1, 0.15) is 44.2 Å². The van der Waals surface area contributed by atoms with Crippen LogP contribution in [0.25, 0.3) is 0 Å². The second kappa shape index (κ2) is 7.49. The molecule has 1 saturated carbocycles. The molecule has 0 aliphatic heterocycles. The highest BCUT2D eigenvalue weighted by molar-refractivity contribution is 6.42. The Morgan fingerprint density at radius 1 is 1.26 bits per heavy atom. The summed E-state index contributed by atoms with van der Waals surface area (Å²) < 4.78 is 5.82. The zero-order valence-electron chi connectivity index (χ0n) is 11.3. The van der Waals surface area contributed by atoms with Gasteiger partial charge in [0.25, 0.3) is 0 Å². The van der Waals surface area contributed by atoms with Crippen LogP contribution in [-0.4, -0.2) is 19.3 Å². The maximum atomic E-state index is 6.02. The van der Waals surface area contributed by atoms with Gasteiger partial charge in [0.1, 0.15) is 0 Å². The molecule has 0 saturated heterocycles. The minimum absolute atomic E-state index is 0.252. The maximum absolute atomic E-state index is 6.02. The standard InChI is InChI=1S/C15H21Cl2NO/c1-11(12-6-7-14(16)15(17)10-12)18-8-9-19-13-4-2-3-5-13/h6-7,10-11,13,18H,2-5,8-9H2,1H3. The number of benzene rings is 1. The van der Waals surface area contributed by atoms with Crippen molar-refractivity contribution in [2.24, 2.45) is 0 Å². The van der Waals surface area contributed by atoms with Crippen molar-refractivity contribution < 1.29 is 4.74 Å². The van der Waals surface area contributed by atoms with E-state index < -0.39 is 0 Å². The van der Waals surface area contributed by atoms with Crippen molar-refractivity contribution in [1.29, 1.82) is 0 Å². The average molecular weight is 302 g/mol. The van der Waals surface area contributed by atoms with Gasteiger partial charge in [0.05, 0.1) is 22.8 Å². The van der Waals surface area contributed by atoms with E-state index in [1.807, 2.05) is 18.2 Å². The first-order valence-electron chi connectivity index (χ1n) is 6.97. The van der Waals surface area contributed by atoms with Crippen molar-refractivity contribution in [1.82, 2.24) is 5.32 Å². The summed E-state index contributed by atoms with van der Waals surface area (Å²) in [4.78, 5) is 0. The van der Waals surface area contributed by atoms with Crippen LogP contribution in [0.4, 0.5) is 0 Å². The van der Waals surface area contributed by atoms with E-state index in [1.165, 1.54) is 25.7 Å². The molecule has 1 aliphatic carbocycles. The zero-order valence-corrected chi connectivity index (χ0v) is 12.8. The third-order valence-corrected chi connectivity index (χ3v) is 4.39. The summed E-state index contributed by atoms with van der Waals surface area (Å²) in [7, 11) is 0. The van der Waals surface area contributed by atoms with E-state index in [4.69, 9.17) is 27.9 Å². The Kier molecular flexibility index (Phi) is 5.96. The van der Waals surface area contributed by atoms with E-state index in [0.717, 1.165) is 18.7 Å². The Hall–Kier alpha value is -0.280. The minimum atomic E-state index is 0.252. The Morgan fingerprint density at radius 3 is 2.68 bits per heavy atom. The highest BCUT2D eigenvalue weighted by atomic mass is 35.5. The van der Waals surface area contributed by atoms with Gasteiger partial charge >= 0.3 is 0 Å². The van der Waals surface area contributed by atoms with Crippen LogP contribution in [0, 0.1) is 0 Å².